The van der Waals surface area contributed by atoms with Gasteiger partial charge in [-0.25, -0.2) is 8.42 Å². The number of benzene rings is 1. The molecular formula is C15H21Cl3N2O3S. The van der Waals surface area contributed by atoms with E-state index in [4.69, 9.17) is 23.2 Å². The Morgan fingerprint density at radius 2 is 1.75 bits per heavy atom. The first kappa shape index (κ1) is 21.5. The molecule has 0 spiro atoms. The van der Waals surface area contributed by atoms with Crippen LogP contribution in [0.1, 0.15) is 18.4 Å². The van der Waals surface area contributed by atoms with Gasteiger partial charge in [-0.15, -0.1) is 12.4 Å². The van der Waals surface area contributed by atoms with Gasteiger partial charge in [0.05, 0.1) is 0 Å². The number of rotatable bonds is 5. The Hall–Kier alpha value is -0.530. The van der Waals surface area contributed by atoms with E-state index in [9.17, 15) is 13.2 Å². The summed E-state index contributed by atoms with van der Waals surface area (Å²) in [5.41, 5.74) is 0.890. The fourth-order valence-electron chi connectivity index (χ4n) is 2.83. The molecule has 1 heterocycles. The summed E-state index contributed by atoms with van der Waals surface area (Å²) in [6.45, 7) is 1.37. The first-order valence-corrected chi connectivity index (χ1v) is 10.0. The van der Waals surface area contributed by atoms with E-state index in [1.807, 2.05) is 0 Å². The molecule has 24 heavy (non-hydrogen) atoms. The highest BCUT2D eigenvalue weighted by molar-refractivity contribution is 7.92. The zero-order valence-corrected chi connectivity index (χ0v) is 16.4. The second-order valence-corrected chi connectivity index (χ2v) is 9.00. The maximum Gasteiger partial charge on any atom is 0.241 e. The number of carbonyl (C=O) groups is 1. The number of hydrogen-bond acceptors (Lipinski definition) is 4. The first-order valence-electron chi connectivity index (χ1n) is 7.38. The minimum absolute atomic E-state index is 0. The molecule has 1 aromatic carbocycles. The molecule has 2 rings (SSSR count). The van der Waals surface area contributed by atoms with Gasteiger partial charge >= 0.3 is 0 Å². The van der Waals surface area contributed by atoms with Gasteiger partial charge in [-0.05, 0) is 56.1 Å². The molecule has 0 radical (unpaired) electrons. The summed E-state index contributed by atoms with van der Waals surface area (Å²) in [5.74, 6) is -0.422. The molecule has 0 bridgehead atoms. The molecule has 1 aromatic rings. The van der Waals surface area contributed by atoms with Crippen molar-refractivity contribution in [2.24, 2.45) is 0 Å². The topological polar surface area (TPSA) is 75.3 Å². The zero-order chi connectivity index (χ0) is 17.1. The van der Waals surface area contributed by atoms with E-state index in [0.29, 0.717) is 48.9 Å². The predicted octanol–water partition coefficient (Wildman–Crippen LogP) is 2.24. The van der Waals surface area contributed by atoms with Crippen LogP contribution in [0.3, 0.4) is 0 Å². The van der Waals surface area contributed by atoms with Crippen molar-refractivity contribution in [2.45, 2.75) is 24.0 Å². The van der Waals surface area contributed by atoms with Crippen molar-refractivity contribution in [1.82, 2.24) is 10.6 Å². The van der Waals surface area contributed by atoms with E-state index < -0.39 is 20.5 Å². The lowest BCUT2D eigenvalue weighted by Gasteiger charge is -2.34. The molecule has 136 valence electrons. The molecule has 0 unspecified atom stereocenters. The highest BCUT2D eigenvalue weighted by Crippen LogP contribution is 2.28. The predicted molar refractivity (Wildman–Crippen MR) is 100 cm³/mol. The third-order valence-corrected chi connectivity index (χ3v) is 6.61. The standard InChI is InChI=1S/C15H20Cl2N2O3S.ClH/c1-23(21,22)15(3-6-18-7-4-15)14(20)19-5-2-11-8-12(16)10-13(17)9-11;/h8-10,18H,2-7H2,1H3,(H,19,20);1H. The molecule has 1 amide bonds. The number of nitrogens with one attached hydrogen (secondary N) is 2. The Kier molecular flexibility index (Phi) is 7.81. The number of hydrogen-bond donors (Lipinski definition) is 2. The van der Waals surface area contributed by atoms with Crippen LogP contribution in [-0.2, 0) is 21.1 Å². The van der Waals surface area contributed by atoms with Gasteiger partial charge in [0.15, 0.2) is 14.6 Å². The van der Waals surface area contributed by atoms with Crippen LogP contribution in [0.25, 0.3) is 0 Å². The van der Waals surface area contributed by atoms with Crippen molar-refractivity contribution in [3.05, 3.63) is 33.8 Å². The van der Waals surface area contributed by atoms with Crippen molar-refractivity contribution in [2.75, 3.05) is 25.9 Å². The lowest BCUT2D eigenvalue weighted by atomic mass is 9.95. The molecule has 0 atom stereocenters. The van der Waals surface area contributed by atoms with Crippen LogP contribution >= 0.6 is 35.6 Å². The molecule has 9 heteroatoms. The van der Waals surface area contributed by atoms with Gasteiger partial charge in [0.25, 0.3) is 0 Å². The van der Waals surface area contributed by atoms with Crippen LogP contribution in [0.5, 0.6) is 0 Å². The summed E-state index contributed by atoms with van der Waals surface area (Å²) in [6.07, 6.45) is 2.25. The maximum atomic E-state index is 12.5. The summed E-state index contributed by atoms with van der Waals surface area (Å²) >= 11 is 11.9. The zero-order valence-electron chi connectivity index (χ0n) is 13.3. The minimum atomic E-state index is -3.49. The van der Waals surface area contributed by atoms with Crippen LogP contribution in [-0.4, -0.2) is 45.0 Å². The summed E-state index contributed by atoms with van der Waals surface area (Å²) in [7, 11) is -3.49. The Balaban J connectivity index is 0.00000288. The summed E-state index contributed by atoms with van der Waals surface area (Å²) in [5, 5.41) is 6.91. The fraction of sp³-hybridized carbons (Fsp3) is 0.533. The number of sulfone groups is 1. The summed E-state index contributed by atoms with van der Waals surface area (Å²) in [4.78, 5) is 12.5. The molecule has 0 aromatic heterocycles. The molecular weight excluding hydrogens is 395 g/mol. The largest absolute Gasteiger partial charge is 0.354 e. The quantitative estimate of drug-likeness (QED) is 0.773. The third kappa shape index (κ3) is 4.99. The normalized spacial score (nSPS) is 17.0. The van der Waals surface area contributed by atoms with Crippen LogP contribution in [0.4, 0.5) is 0 Å². The SMILES string of the molecule is CS(=O)(=O)C1(C(=O)NCCc2cc(Cl)cc(Cl)c2)CCNCC1.Cl. The highest BCUT2D eigenvalue weighted by Gasteiger charge is 2.48. The number of piperidine rings is 1. The minimum Gasteiger partial charge on any atom is -0.354 e. The number of halogens is 3. The Labute approximate surface area is 158 Å². The van der Waals surface area contributed by atoms with Crippen molar-refractivity contribution >= 4 is 51.4 Å². The fourth-order valence-corrected chi connectivity index (χ4v) is 4.76. The Morgan fingerprint density at radius 1 is 1.21 bits per heavy atom. The van der Waals surface area contributed by atoms with Gasteiger partial charge in [0.2, 0.25) is 5.91 Å². The lowest BCUT2D eigenvalue weighted by Crippen LogP contribution is -2.57. The van der Waals surface area contributed by atoms with Crippen molar-refractivity contribution in [3.8, 4) is 0 Å². The summed E-state index contributed by atoms with van der Waals surface area (Å²) < 4.78 is 23.0. The van der Waals surface area contributed by atoms with E-state index in [1.165, 1.54) is 0 Å². The van der Waals surface area contributed by atoms with Gasteiger partial charge < -0.3 is 10.6 Å². The highest BCUT2D eigenvalue weighted by atomic mass is 35.5. The van der Waals surface area contributed by atoms with Gasteiger partial charge in [0.1, 0.15) is 0 Å². The van der Waals surface area contributed by atoms with Gasteiger partial charge in [-0.1, -0.05) is 23.2 Å². The number of amides is 1. The van der Waals surface area contributed by atoms with Gasteiger partial charge in [-0.2, -0.15) is 0 Å². The lowest BCUT2D eigenvalue weighted by molar-refractivity contribution is -0.124. The maximum absolute atomic E-state index is 12.5. The van der Waals surface area contributed by atoms with Crippen molar-refractivity contribution < 1.29 is 13.2 Å². The van der Waals surface area contributed by atoms with Crippen molar-refractivity contribution in [1.29, 1.82) is 0 Å². The molecule has 5 nitrogen and oxygen atoms in total. The van der Waals surface area contributed by atoms with Crippen LogP contribution in [0, 0.1) is 0 Å². The monoisotopic (exact) mass is 414 g/mol. The van der Waals surface area contributed by atoms with Crippen LogP contribution < -0.4 is 10.6 Å². The second-order valence-electron chi connectivity index (χ2n) is 5.80. The van der Waals surface area contributed by atoms with E-state index in [0.717, 1.165) is 11.8 Å². The average molecular weight is 416 g/mol. The molecule has 0 aliphatic carbocycles. The second kappa shape index (κ2) is 8.72. The molecule has 1 saturated heterocycles. The van der Waals surface area contributed by atoms with E-state index in [1.54, 1.807) is 18.2 Å². The van der Waals surface area contributed by atoms with Crippen LogP contribution in [0.15, 0.2) is 18.2 Å². The molecule has 1 aliphatic heterocycles. The van der Waals surface area contributed by atoms with Gasteiger partial charge in [0, 0.05) is 22.8 Å². The van der Waals surface area contributed by atoms with Gasteiger partial charge in [-0.3, -0.25) is 4.79 Å². The molecule has 2 N–H and O–H groups in total. The summed E-state index contributed by atoms with van der Waals surface area (Å²) in [6, 6.07) is 5.19. The van der Waals surface area contributed by atoms with E-state index in [2.05, 4.69) is 10.6 Å². The number of carbonyl (C=O) groups excluding carboxylic acids is 1. The van der Waals surface area contributed by atoms with Crippen molar-refractivity contribution in [3.63, 3.8) is 0 Å². The van der Waals surface area contributed by atoms with Crippen LogP contribution in [0.2, 0.25) is 10.0 Å². The first-order chi connectivity index (χ1) is 10.7. The Bertz CT molecular complexity index is 669. The molecule has 1 fully saturated rings. The molecule has 1 aliphatic rings. The average Bonchev–Trinajstić information content (AvgIpc) is 2.45. The smallest absolute Gasteiger partial charge is 0.241 e. The van der Waals surface area contributed by atoms with E-state index >= 15 is 0 Å². The molecule has 0 saturated carbocycles. The van der Waals surface area contributed by atoms with E-state index in [-0.39, 0.29) is 12.4 Å². The third-order valence-electron chi connectivity index (χ3n) is 4.16. The Morgan fingerprint density at radius 3 is 2.25 bits per heavy atom.